The number of hydrogen-bond acceptors (Lipinski definition) is 5. The second kappa shape index (κ2) is 7.44. The van der Waals surface area contributed by atoms with Gasteiger partial charge in [-0.25, -0.2) is 15.0 Å². The predicted molar refractivity (Wildman–Crippen MR) is 110 cm³/mol. The Morgan fingerprint density at radius 2 is 1.93 bits per heavy atom. The maximum atomic E-state index is 11.6. The minimum absolute atomic E-state index is 0.357. The molecule has 0 unspecified atom stereocenters. The summed E-state index contributed by atoms with van der Waals surface area (Å²) in [6.07, 6.45) is 4.11. The molecule has 1 aromatic carbocycles. The Bertz CT molecular complexity index is 1190. The molecule has 0 aliphatic rings. The number of aromatic nitrogens is 4. The highest BCUT2D eigenvalue weighted by Gasteiger charge is 2.13. The Morgan fingerprint density at radius 3 is 2.75 bits per heavy atom. The maximum Gasteiger partial charge on any atom is 0.250 e. The lowest BCUT2D eigenvalue weighted by Gasteiger charge is -2.09. The van der Waals surface area contributed by atoms with Crippen molar-refractivity contribution in [1.29, 1.82) is 0 Å². The molecule has 0 bridgehead atoms. The van der Waals surface area contributed by atoms with Gasteiger partial charge >= 0.3 is 0 Å². The third-order valence-corrected chi connectivity index (χ3v) is 4.96. The second-order valence-electron chi connectivity index (χ2n) is 6.60. The second-order valence-corrected chi connectivity index (χ2v) is 6.99. The molecule has 3 aromatic heterocycles. The number of carbonyl (C=O) groups excluding carboxylic acids is 1. The molecule has 28 heavy (non-hydrogen) atoms. The van der Waals surface area contributed by atoms with Crippen LogP contribution >= 0.6 is 11.6 Å². The molecule has 4 aromatic rings. The molecule has 7 nitrogen and oxygen atoms in total. The molecule has 8 heteroatoms. The van der Waals surface area contributed by atoms with E-state index in [1.807, 2.05) is 24.3 Å². The van der Waals surface area contributed by atoms with Gasteiger partial charge in [0.25, 0.3) is 5.91 Å². The van der Waals surface area contributed by atoms with Gasteiger partial charge in [0.2, 0.25) is 0 Å². The number of rotatable bonds is 6. The first kappa shape index (κ1) is 18.2. The summed E-state index contributed by atoms with van der Waals surface area (Å²) in [6.45, 7) is 0.760. The van der Waals surface area contributed by atoms with E-state index in [9.17, 15) is 4.79 Å². The first-order valence-electron chi connectivity index (χ1n) is 8.99. The highest BCUT2D eigenvalue weighted by Crippen LogP contribution is 2.27. The molecule has 0 saturated heterocycles. The third-order valence-electron chi connectivity index (χ3n) is 4.75. The molecule has 0 atom stereocenters. The minimum Gasteiger partial charge on any atom is -0.382 e. The molecular weight excluding hydrogens is 376 g/mol. The maximum absolute atomic E-state index is 11.6. The topological polar surface area (TPSA) is 113 Å². The highest BCUT2D eigenvalue weighted by atomic mass is 35.5. The van der Waals surface area contributed by atoms with Crippen LogP contribution in [0.1, 0.15) is 28.9 Å². The van der Waals surface area contributed by atoms with Crippen LogP contribution in [0.25, 0.3) is 21.9 Å². The van der Waals surface area contributed by atoms with Gasteiger partial charge in [0.1, 0.15) is 10.7 Å². The lowest BCUT2D eigenvalue weighted by molar-refractivity contribution is 0.0999. The summed E-state index contributed by atoms with van der Waals surface area (Å²) in [6, 6.07) is 11.1. The average Bonchev–Trinajstić information content (AvgIpc) is 3.10. The monoisotopic (exact) mass is 394 g/mol. The van der Waals surface area contributed by atoms with E-state index >= 15 is 0 Å². The summed E-state index contributed by atoms with van der Waals surface area (Å²) < 4.78 is 2.09. The van der Waals surface area contributed by atoms with E-state index < -0.39 is 5.91 Å². The molecule has 0 fully saturated rings. The van der Waals surface area contributed by atoms with Gasteiger partial charge in [-0.1, -0.05) is 29.8 Å². The van der Waals surface area contributed by atoms with Crippen molar-refractivity contribution in [3.05, 3.63) is 59.1 Å². The van der Waals surface area contributed by atoms with Crippen LogP contribution in [0.3, 0.4) is 0 Å². The Hall–Kier alpha value is -3.19. The van der Waals surface area contributed by atoms with Crippen LogP contribution in [-0.4, -0.2) is 25.4 Å². The summed E-state index contributed by atoms with van der Waals surface area (Å²) in [4.78, 5) is 24.7. The Labute approximate surface area is 166 Å². The van der Waals surface area contributed by atoms with E-state index in [1.54, 1.807) is 18.5 Å². The van der Waals surface area contributed by atoms with Gasteiger partial charge in [0, 0.05) is 11.9 Å². The number of anilines is 1. The molecule has 1 amide bonds. The SMILES string of the molecule is NC(=O)c1ccc(Cl)nc1CCCCn1cnc2c(N)nc3ccccc3c21. The number of aryl methyl sites for hydroxylation is 2. The fraction of sp³-hybridized carbons (Fsp3) is 0.200. The standard InChI is InChI=1S/C20H19ClN6O/c21-16-9-8-13(20(23)28)15(25-16)7-3-4-10-27-11-24-17-18(27)12-5-1-2-6-14(12)26-19(17)22/h1-2,5-6,8-9,11H,3-4,7,10H2,(H2,22,26)(H2,23,28). The van der Waals surface area contributed by atoms with Gasteiger partial charge in [-0.05, 0) is 37.5 Å². The van der Waals surface area contributed by atoms with Crippen molar-refractivity contribution in [2.45, 2.75) is 25.8 Å². The van der Waals surface area contributed by atoms with Gasteiger partial charge in [-0.2, -0.15) is 0 Å². The fourth-order valence-corrected chi connectivity index (χ4v) is 3.60. The molecule has 4 N–H and O–H groups in total. The van der Waals surface area contributed by atoms with Gasteiger partial charge in [0.15, 0.2) is 5.82 Å². The van der Waals surface area contributed by atoms with E-state index in [2.05, 4.69) is 19.5 Å². The average molecular weight is 395 g/mol. The minimum atomic E-state index is -0.491. The van der Waals surface area contributed by atoms with E-state index in [4.69, 9.17) is 23.1 Å². The number of para-hydroxylation sites is 1. The Balaban J connectivity index is 1.53. The summed E-state index contributed by atoms with van der Waals surface area (Å²) in [5.41, 5.74) is 15.1. The summed E-state index contributed by atoms with van der Waals surface area (Å²) in [5, 5.41) is 1.38. The smallest absolute Gasteiger partial charge is 0.250 e. The van der Waals surface area contributed by atoms with E-state index in [0.717, 1.165) is 35.8 Å². The molecule has 3 heterocycles. The van der Waals surface area contributed by atoms with E-state index in [1.165, 1.54) is 0 Å². The van der Waals surface area contributed by atoms with Crippen LogP contribution in [0.2, 0.25) is 5.15 Å². The van der Waals surface area contributed by atoms with Crippen LogP contribution in [0.5, 0.6) is 0 Å². The normalized spacial score (nSPS) is 11.3. The fourth-order valence-electron chi connectivity index (χ4n) is 3.44. The van der Waals surface area contributed by atoms with E-state index in [-0.39, 0.29) is 0 Å². The third kappa shape index (κ3) is 3.36. The summed E-state index contributed by atoms with van der Waals surface area (Å²) >= 11 is 5.96. The van der Waals surface area contributed by atoms with Crippen LogP contribution in [-0.2, 0) is 13.0 Å². The number of carbonyl (C=O) groups is 1. The number of unbranched alkanes of at least 4 members (excludes halogenated alkanes) is 1. The van der Waals surface area contributed by atoms with Crippen molar-refractivity contribution in [1.82, 2.24) is 19.5 Å². The molecule has 0 radical (unpaired) electrons. The Kier molecular flexibility index (Phi) is 4.83. The molecule has 0 aliphatic carbocycles. The van der Waals surface area contributed by atoms with Gasteiger partial charge in [-0.15, -0.1) is 0 Å². The summed E-state index contributed by atoms with van der Waals surface area (Å²) in [7, 11) is 0. The number of primary amides is 1. The van der Waals surface area contributed by atoms with Gasteiger partial charge in [0.05, 0.1) is 28.6 Å². The van der Waals surface area contributed by atoms with Crippen molar-refractivity contribution in [3.63, 3.8) is 0 Å². The zero-order chi connectivity index (χ0) is 19.7. The summed E-state index contributed by atoms with van der Waals surface area (Å²) in [5.74, 6) is -0.0594. The van der Waals surface area contributed by atoms with E-state index in [0.29, 0.717) is 34.2 Å². The first-order valence-corrected chi connectivity index (χ1v) is 9.36. The molecule has 0 spiro atoms. The van der Waals surface area contributed by atoms with Crippen LogP contribution < -0.4 is 11.5 Å². The largest absolute Gasteiger partial charge is 0.382 e. The first-order chi connectivity index (χ1) is 13.5. The number of imidazole rings is 1. The highest BCUT2D eigenvalue weighted by molar-refractivity contribution is 6.29. The molecular formula is C20H19ClN6O. The number of nitrogens with zero attached hydrogens (tertiary/aromatic N) is 4. The number of nitrogen functional groups attached to an aromatic ring is 1. The quantitative estimate of drug-likeness (QED) is 0.384. The van der Waals surface area contributed by atoms with Crippen molar-refractivity contribution >= 4 is 45.3 Å². The van der Waals surface area contributed by atoms with Crippen LogP contribution in [0.15, 0.2) is 42.7 Å². The molecule has 0 aliphatic heterocycles. The van der Waals surface area contributed by atoms with Crippen LogP contribution in [0.4, 0.5) is 5.82 Å². The van der Waals surface area contributed by atoms with Gasteiger partial charge < -0.3 is 16.0 Å². The number of halogens is 1. The number of pyridine rings is 2. The van der Waals surface area contributed by atoms with Gasteiger partial charge in [-0.3, -0.25) is 4.79 Å². The number of nitrogens with two attached hydrogens (primary N) is 2. The van der Waals surface area contributed by atoms with Crippen molar-refractivity contribution < 1.29 is 4.79 Å². The molecule has 142 valence electrons. The number of hydrogen-bond donors (Lipinski definition) is 2. The number of amides is 1. The van der Waals surface area contributed by atoms with Crippen molar-refractivity contribution in [2.24, 2.45) is 5.73 Å². The van der Waals surface area contributed by atoms with Crippen LogP contribution in [0, 0.1) is 0 Å². The van der Waals surface area contributed by atoms with Crippen molar-refractivity contribution in [3.8, 4) is 0 Å². The molecule has 4 rings (SSSR count). The lowest BCUT2D eigenvalue weighted by atomic mass is 10.1. The van der Waals surface area contributed by atoms with Crippen molar-refractivity contribution in [2.75, 3.05) is 5.73 Å². The number of benzene rings is 1. The Morgan fingerprint density at radius 1 is 1.11 bits per heavy atom. The molecule has 0 saturated carbocycles. The number of fused-ring (bicyclic) bond motifs is 3. The zero-order valence-corrected chi connectivity index (χ0v) is 15.9. The zero-order valence-electron chi connectivity index (χ0n) is 15.1. The lowest BCUT2D eigenvalue weighted by Crippen LogP contribution is -2.15. The predicted octanol–water partition coefficient (Wildman–Crippen LogP) is 3.34.